The number of nitrogens with one attached hydrogen (secondary N) is 1. The number of ether oxygens (including phenoxy) is 2. The topological polar surface area (TPSA) is 73.6 Å². The minimum Gasteiger partial charge on any atom is -0.490 e. The molecule has 26 heavy (non-hydrogen) atoms. The lowest BCUT2D eigenvalue weighted by Gasteiger charge is -2.16. The fraction of sp³-hybridized carbons (Fsp3) is 0.176. The fourth-order valence-corrected chi connectivity index (χ4v) is 2.95. The Hall–Kier alpha value is -1.90. The molecule has 0 fully saturated rings. The molecule has 3 N–H and O–H groups in total. The van der Waals surface area contributed by atoms with Gasteiger partial charge in [-0.05, 0) is 59.3 Å². The Morgan fingerprint density at radius 3 is 2.69 bits per heavy atom. The molecule has 0 aliphatic rings. The minimum atomic E-state index is -0.465. The molecule has 0 saturated carbocycles. The molecule has 0 bridgehead atoms. The van der Waals surface area contributed by atoms with Crippen molar-refractivity contribution >= 4 is 50.8 Å². The van der Waals surface area contributed by atoms with Crippen molar-refractivity contribution in [1.29, 1.82) is 0 Å². The van der Waals surface area contributed by atoms with Crippen LogP contribution in [0.2, 0.25) is 5.02 Å². The van der Waals surface area contributed by atoms with Crippen molar-refractivity contribution in [3.63, 3.8) is 0 Å². The van der Waals surface area contributed by atoms with Crippen molar-refractivity contribution in [3.05, 3.63) is 56.8 Å². The highest BCUT2D eigenvalue weighted by Gasteiger charge is 2.17. The van der Waals surface area contributed by atoms with Crippen LogP contribution in [0.15, 0.2) is 34.8 Å². The second kappa shape index (κ2) is 9.16. The van der Waals surface area contributed by atoms with Gasteiger partial charge in [-0.2, -0.15) is 0 Å². The Labute approximate surface area is 168 Å². The lowest BCUT2D eigenvalue weighted by molar-refractivity contribution is 0.0977. The van der Waals surface area contributed by atoms with Crippen LogP contribution in [0.25, 0.3) is 0 Å². The SMILES string of the molecule is CCOc1cc(C(=O)NC(N)=S)cc(Br)c1OCc1ccc(F)cc1Cl. The van der Waals surface area contributed by atoms with E-state index in [1.807, 2.05) is 0 Å². The highest BCUT2D eigenvalue weighted by molar-refractivity contribution is 9.10. The van der Waals surface area contributed by atoms with Gasteiger partial charge in [-0.25, -0.2) is 4.39 Å². The molecule has 5 nitrogen and oxygen atoms in total. The van der Waals surface area contributed by atoms with E-state index in [0.29, 0.717) is 33.7 Å². The molecule has 0 atom stereocenters. The first-order valence-corrected chi connectivity index (χ1v) is 9.03. The summed E-state index contributed by atoms with van der Waals surface area (Å²) in [6.07, 6.45) is 0. The maximum absolute atomic E-state index is 13.1. The second-order valence-electron chi connectivity index (χ2n) is 5.06. The van der Waals surface area contributed by atoms with Crippen LogP contribution in [-0.4, -0.2) is 17.6 Å². The van der Waals surface area contributed by atoms with E-state index in [2.05, 4.69) is 33.5 Å². The minimum absolute atomic E-state index is 0.0935. The van der Waals surface area contributed by atoms with Crippen LogP contribution in [-0.2, 0) is 6.61 Å². The number of hydrogen-bond acceptors (Lipinski definition) is 4. The normalized spacial score (nSPS) is 10.3. The van der Waals surface area contributed by atoms with E-state index in [4.69, 9.17) is 26.8 Å². The second-order valence-corrected chi connectivity index (χ2v) is 6.76. The van der Waals surface area contributed by atoms with Crippen molar-refractivity contribution in [1.82, 2.24) is 5.32 Å². The van der Waals surface area contributed by atoms with E-state index in [-0.39, 0.29) is 16.7 Å². The van der Waals surface area contributed by atoms with Crippen LogP contribution in [0, 0.1) is 5.82 Å². The quantitative estimate of drug-likeness (QED) is 0.631. The molecule has 1 amide bonds. The number of thiocarbonyl (C=S) groups is 1. The van der Waals surface area contributed by atoms with Gasteiger partial charge in [0.2, 0.25) is 0 Å². The van der Waals surface area contributed by atoms with Crippen LogP contribution in [0.4, 0.5) is 4.39 Å². The Kier molecular flexibility index (Phi) is 7.19. The summed E-state index contributed by atoms with van der Waals surface area (Å²) in [6.45, 7) is 2.26. The number of carbonyl (C=O) groups excluding carboxylic acids is 1. The third kappa shape index (κ3) is 5.30. The molecule has 0 aliphatic carbocycles. The van der Waals surface area contributed by atoms with E-state index >= 15 is 0 Å². The van der Waals surface area contributed by atoms with Crippen LogP contribution < -0.4 is 20.5 Å². The number of hydrogen-bond donors (Lipinski definition) is 2. The van der Waals surface area contributed by atoms with Gasteiger partial charge in [-0.3, -0.25) is 10.1 Å². The number of carbonyl (C=O) groups is 1. The average Bonchev–Trinajstić information content (AvgIpc) is 2.55. The molecule has 2 aromatic carbocycles. The van der Waals surface area contributed by atoms with Gasteiger partial charge in [-0.1, -0.05) is 17.7 Å². The smallest absolute Gasteiger partial charge is 0.257 e. The summed E-state index contributed by atoms with van der Waals surface area (Å²) in [5.74, 6) is -0.150. The fourth-order valence-electron chi connectivity index (χ4n) is 2.07. The summed E-state index contributed by atoms with van der Waals surface area (Å²) in [5.41, 5.74) is 6.23. The zero-order valence-electron chi connectivity index (χ0n) is 13.6. The summed E-state index contributed by atoms with van der Waals surface area (Å²) < 4.78 is 25.0. The third-order valence-electron chi connectivity index (χ3n) is 3.20. The van der Waals surface area contributed by atoms with Crippen molar-refractivity contribution in [2.24, 2.45) is 5.73 Å². The Balaban J connectivity index is 2.29. The molecule has 9 heteroatoms. The zero-order valence-corrected chi connectivity index (χ0v) is 16.8. The van der Waals surface area contributed by atoms with Crippen molar-refractivity contribution in [3.8, 4) is 11.5 Å². The van der Waals surface area contributed by atoms with E-state index in [0.717, 1.165) is 0 Å². The summed E-state index contributed by atoms with van der Waals surface area (Å²) in [5, 5.41) is 2.47. The highest BCUT2D eigenvalue weighted by Crippen LogP contribution is 2.37. The molecular weight excluding hydrogens is 447 g/mol. The maximum Gasteiger partial charge on any atom is 0.257 e. The van der Waals surface area contributed by atoms with Crippen LogP contribution >= 0.6 is 39.7 Å². The van der Waals surface area contributed by atoms with Gasteiger partial charge in [-0.15, -0.1) is 0 Å². The molecule has 0 spiro atoms. The predicted molar refractivity (Wildman–Crippen MR) is 105 cm³/mol. The van der Waals surface area contributed by atoms with E-state index in [9.17, 15) is 9.18 Å². The van der Waals surface area contributed by atoms with Gasteiger partial charge in [0.25, 0.3) is 5.91 Å². The highest BCUT2D eigenvalue weighted by atomic mass is 79.9. The molecule has 0 aliphatic heterocycles. The van der Waals surface area contributed by atoms with Gasteiger partial charge in [0.1, 0.15) is 12.4 Å². The first-order valence-electron chi connectivity index (χ1n) is 7.45. The molecule has 0 heterocycles. The lowest BCUT2D eigenvalue weighted by Crippen LogP contribution is -2.34. The first kappa shape index (κ1) is 20.4. The monoisotopic (exact) mass is 460 g/mol. The largest absolute Gasteiger partial charge is 0.490 e. The predicted octanol–water partition coefficient (Wildman–Crippen LogP) is 4.19. The summed E-state index contributed by atoms with van der Waals surface area (Å²) in [6, 6.07) is 7.12. The zero-order chi connectivity index (χ0) is 19.3. The first-order chi connectivity index (χ1) is 12.3. The molecule has 0 radical (unpaired) electrons. The van der Waals surface area contributed by atoms with Crippen molar-refractivity contribution in [2.45, 2.75) is 13.5 Å². The molecule has 0 aromatic heterocycles. The lowest BCUT2D eigenvalue weighted by atomic mass is 10.2. The molecule has 2 aromatic rings. The summed E-state index contributed by atoms with van der Waals surface area (Å²) in [7, 11) is 0. The number of amides is 1. The van der Waals surface area contributed by atoms with Crippen LogP contribution in [0.3, 0.4) is 0 Å². The Morgan fingerprint density at radius 1 is 1.35 bits per heavy atom. The number of benzene rings is 2. The van der Waals surface area contributed by atoms with Crippen molar-refractivity contribution < 1.29 is 18.7 Å². The molecule has 138 valence electrons. The number of halogens is 3. The Bertz CT molecular complexity index is 851. The van der Waals surface area contributed by atoms with E-state index < -0.39 is 11.7 Å². The summed E-state index contributed by atoms with van der Waals surface area (Å²) in [4.78, 5) is 12.1. The van der Waals surface area contributed by atoms with Gasteiger partial charge in [0.05, 0.1) is 16.1 Å². The van der Waals surface area contributed by atoms with E-state index in [1.54, 1.807) is 13.0 Å². The number of nitrogens with two attached hydrogens (primary N) is 1. The average molecular weight is 462 g/mol. The van der Waals surface area contributed by atoms with Gasteiger partial charge < -0.3 is 15.2 Å². The Morgan fingerprint density at radius 2 is 2.08 bits per heavy atom. The van der Waals surface area contributed by atoms with Crippen molar-refractivity contribution in [2.75, 3.05) is 6.61 Å². The van der Waals surface area contributed by atoms with Gasteiger partial charge in [0, 0.05) is 11.1 Å². The maximum atomic E-state index is 13.1. The van der Waals surface area contributed by atoms with Crippen LogP contribution in [0.5, 0.6) is 11.5 Å². The summed E-state index contributed by atoms with van der Waals surface area (Å²) >= 11 is 14.0. The third-order valence-corrected chi connectivity index (χ3v) is 4.24. The van der Waals surface area contributed by atoms with E-state index in [1.165, 1.54) is 24.3 Å². The standard InChI is InChI=1S/C17H15BrClFN2O3S/c1-2-24-14-6-10(16(23)22-17(21)26)5-12(18)15(14)25-8-9-3-4-11(20)7-13(9)19/h3-7H,2,8H2,1H3,(H3,21,22,23,26). The molecule has 2 rings (SSSR count). The molecule has 0 unspecified atom stereocenters. The number of rotatable bonds is 6. The molecular formula is C17H15BrClFN2O3S. The van der Waals surface area contributed by atoms with Gasteiger partial charge >= 0.3 is 0 Å². The van der Waals surface area contributed by atoms with Gasteiger partial charge in [0.15, 0.2) is 16.6 Å². The van der Waals surface area contributed by atoms with Crippen LogP contribution in [0.1, 0.15) is 22.8 Å². The molecule has 0 saturated heterocycles.